The summed E-state index contributed by atoms with van der Waals surface area (Å²) in [5.74, 6) is 0.795. The Hall–Kier alpha value is -0.460. The molecule has 0 aliphatic rings. The van der Waals surface area contributed by atoms with Crippen LogP contribution in [0.5, 0.6) is 0 Å². The third-order valence-electron chi connectivity index (χ3n) is 1.59. The number of nitrogens with one attached hydrogen (secondary N) is 2. The lowest BCUT2D eigenvalue weighted by molar-refractivity contribution is 1.08. The van der Waals surface area contributed by atoms with E-state index in [1.54, 1.807) is 11.3 Å². The van der Waals surface area contributed by atoms with Crippen molar-refractivity contribution in [2.75, 3.05) is 0 Å². The van der Waals surface area contributed by atoms with Crippen LogP contribution in [0, 0.1) is 11.7 Å². The zero-order chi connectivity index (χ0) is 9.42. The Labute approximate surface area is 92.3 Å². The van der Waals surface area contributed by atoms with E-state index in [1.807, 2.05) is 6.92 Å². The third kappa shape index (κ3) is 1.74. The average molecular weight is 276 g/mol. The van der Waals surface area contributed by atoms with Crippen molar-refractivity contribution < 1.29 is 0 Å². The van der Waals surface area contributed by atoms with Crippen LogP contribution >= 0.6 is 39.5 Å². The molecule has 0 unspecified atom stereocenters. The zero-order valence-electron chi connectivity index (χ0n) is 6.72. The van der Waals surface area contributed by atoms with Gasteiger partial charge in [0.15, 0.2) is 5.82 Å². The Morgan fingerprint density at radius 1 is 1.54 bits per heavy atom. The van der Waals surface area contributed by atoms with E-state index < -0.39 is 0 Å². The molecule has 6 heteroatoms. The highest BCUT2D eigenvalue weighted by Gasteiger charge is 2.07. The SMILES string of the molecule is Cc1cc(-c2nc(=S)[nH][nH]2)sc1Br. The second kappa shape index (κ2) is 3.36. The normalized spacial score (nSPS) is 10.6. The van der Waals surface area contributed by atoms with Crippen LogP contribution in [0.3, 0.4) is 0 Å². The zero-order valence-corrected chi connectivity index (χ0v) is 9.94. The maximum atomic E-state index is 4.87. The largest absolute Gasteiger partial charge is 0.281 e. The Morgan fingerprint density at radius 3 is 2.77 bits per heavy atom. The van der Waals surface area contributed by atoms with Crippen LogP contribution in [-0.2, 0) is 0 Å². The molecular weight excluding hydrogens is 270 g/mol. The van der Waals surface area contributed by atoms with E-state index in [1.165, 1.54) is 5.56 Å². The van der Waals surface area contributed by atoms with Gasteiger partial charge < -0.3 is 0 Å². The predicted octanol–water partition coefficient (Wildman–Crippen LogP) is 3.27. The maximum Gasteiger partial charge on any atom is 0.213 e. The van der Waals surface area contributed by atoms with Crippen molar-refractivity contribution in [3.63, 3.8) is 0 Å². The summed E-state index contributed by atoms with van der Waals surface area (Å²) in [5.41, 5.74) is 1.21. The van der Waals surface area contributed by atoms with Gasteiger partial charge in [0.1, 0.15) is 0 Å². The molecular formula is C7H6BrN3S2. The van der Waals surface area contributed by atoms with Crippen LogP contribution in [-0.4, -0.2) is 15.2 Å². The Balaban J connectivity index is 2.52. The van der Waals surface area contributed by atoms with E-state index in [-0.39, 0.29) is 0 Å². The van der Waals surface area contributed by atoms with Crippen LogP contribution in [0.1, 0.15) is 5.56 Å². The topological polar surface area (TPSA) is 44.5 Å². The van der Waals surface area contributed by atoms with Crippen molar-refractivity contribution in [2.24, 2.45) is 0 Å². The summed E-state index contributed by atoms with van der Waals surface area (Å²) >= 11 is 9.97. The van der Waals surface area contributed by atoms with Gasteiger partial charge in [0.2, 0.25) is 4.77 Å². The standard InChI is InChI=1S/C7H6BrN3S2/c1-3-2-4(13-5(3)8)6-9-7(12)11-10-6/h2H,1H3,(H2,9,10,11,12). The van der Waals surface area contributed by atoms with Gasteiger partial charge in [0.05, 0.1) is 8.66 Å². The molecule has 0 bridgehead atoms. The lowest BCUT2D eigenvalue weighted by Crippen LogP contribution is -1.73. The van der Waals surface area contributed by atoms with Crippen molar-refractivity contribution >= 4 is 39.5 Å². The molecule has 13 heavy (non-hydrogen) atoms. The van der Waals surface area contributed by atoms with Gasteiger partial charge in [-0.05, 0) is 46.7 Å². The van der Waals surface area contributed by atoms with Gasteiger partial charge in [-0.25, -0.2) is 0 Å². The number of aromatic amines is 2. The summed E-state index contributed by atoms with van der Waals surface area (Å²) in [4.78, 5) is 5.21. The summed E-state index contributed by atoms with van der Waals surface area (Å²) < 4.78 is 1.61. The molecule has 68 valence electrons. The molecule has 0 amide bonds. The first kappa shape index (κ1) is 9.11. The molecule has 0 atom stereocenters. The number of thiophene rings is 1. The Morgan fingerprint density at radius 2 is 2.31 bits per heavy atom. The monoisotopic (exact) mass is 275 g/mol. The Kier molecular flexibility index (Phi) is 2.35. The van der Waals surface area contributed by atoms with E-state index in [0.29, 0.717) is 4.77 Å². The number of H-pyrrole nitrogens is 2. The van der Waals surface area contributed by atoms with Gasteiger partial charge in [0.25, 0.3) is 0 Å². The minimum absolute atomic E-state index is 0.483. The van der Waals surface area contributed by atoms with E-state index in [0.717, 1.165) is 14.5 Å². The van der Waals surface area contributed by atoms with Gasteiger partial charge in [-0.3, -0.25) is 10.2 Å². The van der Waals surface area contributed by atoms with E-state index >= 15 is 0 Å². The van der Waals surface area contributed by atoms with Crippen LogP contribution < -0.4 is 0 Å². The Bertz CT molecular complexity index is 462. The van der Waals surface area contributed by atoms with E-state index in [9.17, 15) is 0 Å². The second-order valence-electron chi connectivity index (χ2n) is 2.58. The van der Waals surface area contributed by atoms with Gasteiger partial charge in [-0.15, -0.1) is 11.3 Å². The molecule has 0 radical (unpaired) electrons. The fraction of sp³-hybridized carbons (Fsp3) is 0.143. The molecule has 2 N–H and O–H groups in total. The molecule has 0 saturated heterocycles. The van der Waals surface area contributed by atoms with Gasteiger partial charge in [-0.1, -0.05) is 0 Å². The summed E-state index contributed by atoms with van der Waals surface area (Å²) in [5, 5.41) is 5.68. The highest BCUT2D eigenvalue weighted by Crippen LogP contribution is 2.32. The number of aromatic nitrogens is 3. The lowest BCUT2D eigenvalue weighted by atomic mass is 10.3. The molecule has 0 aromatic carbocycles. The molecule has 0 aliphatic heterocycles. The molecule has 0 saturated carbocycles. The molecule has 2 aromatic heterocycles. The van der Waals surface area contributed by atoms with Gasteiger partial charge in [-0.2, -0.15) is 4.98 Å². The summed E-state index contributed by atoms with van der Waals surface area (Å²) in [7, 11) is 0. The average Bonchev–Trinajstić information content (AvgIpc) is 2.61. The highest BCUT2D eigenvalue weighted by atomic mass is 79.9. The lowest BCUT2D eigenvalue weighted by Gasteiger charge is -1.84. The first-order chi connectivity index (χ1) is 6.16. The van der Waals surface area contributed by atoms with Crippen molar-refractivity contribution in [2.45, 2.75) is 6.92 Å². The maximum absolute atomic E-state index is 4.87. The van der Waals surface area contributed by atoms with E-state index in [2.05, 4.69) is 37.2 Å². The fourth-order valence-electron chi connectivity index (χ4n) is 0.963. The molecule has 2 aromatic rings. The number of halogens is 1. The summed E-state index contributed by atoms with van der Waals surface area (Å²) in [6.45, 7) is 2.05. The molecule has 0 aliphatic carbocycles. The highest BCUT2D eigenvalue weighted by molar-refractivity contribution is 9.11. The molecule has 2 heterocycles. The smallest absolute Gasteiger partial charge is 0.213 e. The minimum Gasteiger partial charge on any atom is -0.281 e. The number of nitrogens with zero attached hydrogens (tertiary/aromatic N) is 1. The van der Waals surface area contributed by atoms with Crippen molar-refractivity contribution in [1.82, 2.24) is 15.2 Å². The predicted molar refractivity (Wildman–Crippen MR) is 59.5 cm³/mol. The van der Waals surface area contributed by atoms with Gasteiger partial charge >= 0.3 is 0 Å². The van der Waals surface area contributed by atoms with Crippen LogP contribution in [0.25, 0.3) is 10.7 Å². The molecule has 0 fully saturated rings. The third-order valence-corrected chi connectivity index (χ3v) is 3.93. The van der Waals surface area contributed by atoms with Crippen LogP contribution in [0.15, 0.2) is 9.85 Å². The van der Waals surface area contributed by atoms with Crippen molar-refractivity contribution in [3.05, 3.63) is 20.2 Å². The molecule has 3 nitrogen and oxygen atoms in total. The van der Waals surface area contributed by atoms with Gasteiger partial charge in [0, 0.05) is 0 Å². The summed E-state index contributed by atoms with van der Waals surface area (Å²) in [6.07, 6.45) is 0. The van der Waals surface area contributed by atoms with E-state index in [4.69, 9.17) is 12.2 Å². The van der Waals surface area contributed by atoms with Crippen molar-refractivity contribution in [1.29, 1.82) is 0 Å². The van der Waals surface area contributed by atoms with Crippen LogP contribution in [0.4, 0.5) is 0 Å². The number of hydrogen-bond donors (Lipinski definition) is 2. The molecule has 0 spiro atoms. The quantitative estimate of drug-likeness (QED) is 0.785. The number of aryl methyl sites for hydroxylation is 1. The number of rotatable bonds is 1. The van der Waals surface area contributed by atoms with Crippen molar-refractivity contribution in [3.8, 4) is 10.7 Å². The summed E-state index contributed by atoms with van der Waals surface area (Å²) in [6, 6.07) is 2.07. The minimum atomic E-state index is 0.483. The fourth-order valence-corrected chi connectivity index (χ4v) is 2.59. The first-order valence-corrected chi connectivity index (χ1v) is 5.59. The van der Waals surface area contributed by atoms with Crippen LogP contribution in [0.2, 0.25) is 0 Å². The molecule has 2 rings (SSSR count). The number of hydrogen-bond acceptors (Lipinski definition) is 3. The second-order valence-corrected chi connectivity index (χ2v) is 5.34. The first-order valence-electron chi connectivity index (χ1n) is 3.58.